The third kappa shape index (κ3) is 4.25. The molecule has 122 valence electrons. The smallest absolute Gasteiger partial charge is 0.350 e. The van der Waals surface area contributed by atoms with Gasteiger partial charge in [0.2, 0.25) is 0 Å². The van der Waals surface area contributed by atoms with Crippen LogP contribution in [0.15, 0.2) is 17.7 Å². The van der Waals surface area contributed by atoms with Crippen LogP contribution in [-0.2, 0) is 9.30 Å². The fourth-order valence-electron chi connectivity index (χ4n) is 2.00. The summed E-state index contributed by atoms with van der Waals surface area (Å²) in [6.07, 6.45) is 4.64. The monoisotopic (exact) mass is 348 g/mol. The molecule has 2 aromatic heterocycles. The number of aromatic nitrogens is 4. The first kappa shape index (κ1) is 17.3. The van der Waals surface area contributed by atoms with Crippen molar-refractivity contribution in [3.63, 3.8) is 0 Å². The number of imidazole rings is 1. The lowest BCUT2D eigenvalue weighted by Gasteiger charge is -2.17. The van der Waals surface area contributed by atoms with E-state index in [1.54, 1.807) is 10.9 Å². The molecular weight excluding hydrogens is 331 g/mol. The highest BCUT2D eigenvalue weighted by atomic mass is 32.2. The molecule has 3 N–H and O–H groups in total. The molecule has 2 rings (SSSR count). The van der Waals surface area contributed by atoms with E-state index in [-0.39, 0.29) is 19.3 Å². The zero-order chi connectivity index (χ0) is 16.2. The minimum absolute atomic E-state index is 0.109. The van der Waals surface area contributed by atoms with E-state index in [2.05, 4.69) is 15.0 Å². The molecule has 11 heteroatoms. The van der Waals surface area contributed by atoms with E-state index < -0.39 is 13.9 Å². The molecule has 0 aliphatic carbocycles. The molecule has 0 spiro atoms. The molecule has 9 nitrogen and oxygen atoms in total. The maximum Gasteiger partial charge on any atom is 0.350 e. The van der Waals surface area contributed by atoms with Gasteiger partial charge in [0.25, 0.3) is 0 Å². The van der Waals surface area contributed by atoms with Crippen molar-refractivity contribution in [2.75, 3.05) is 25.8 Å². The van der Waals surface area contributed by atoms with Crippen molar-refractivity contribution in [2.45, 2.75) is 17.5 Å². The van der Waals surface area contributed by atoms with E-state index in [4.69, 9.17) is 14.5 Å². The lowest BCUT2D eigenvalue weighted by molar-refractivity contribution is 0.127. The van der Waals surface area contributed by atoms with Crippen LogP contribution in [0.1, 0.15) is 12.5 Å². The first-order valence-electron chi connectivity index (χ1n) is 6.41. The van der Waals surface area contributed by atoms with Crippen LogP contribution >= 0.6 is 19.4 Å². The summed E-state index contributed by atoms with van der Waals surface area (Å²) in [5.41, 5.74) is 1.26. The largest absolute Gasteiger partial charge is 0.394 e. The number of thioether (sulfide) groups is 1. The summed E-state index contributed by atoms with van der Waals surface area (Å²) in [5, 5.41) is 10.3. The van der Waals surface area contributed by atoms with Gasteiger partial charge in [-0.15, -0.1) is 11.8 Å². The van der Waals surface area contributed by atoms with Crippen LogP contribution in [-0.4, -0.2) is 60.2 Å². The van der Waals surface area contributed by atoms with Crippen molar-refractivity contribution in [1.29, 1.82) is 0 Å². The molecule has 0 saturated carbocycles. The van der Waals surface area contributed by atoms with E-state index in [0.29, 0.717) is 12.1 Å². The minimum atomic E-state index is -4.17. The topological polar surface area (TPSA) is 131 Å². The molecule has 1 unspecified atom stereocenters. The van der Waals surface area contributed by atoms with E-state index in [9.17, 15) is 9.67 Å². The van der Waals surface area contributed by atoms with Crippen LogP contribution in [0.25, 0.3) is 11.2 Å². The lowest BCUT2D eigenvalue weighted by atomic mass is 10.2. The van der Waals surface area contributed by atoms with Gasteiger partial charge < -0.3 is 24.2 Å². The molecule has 2 heterocycles. The highest BCUT2D eigenvalue weighted by Gasteiger charge is 2.18. The number of fused-ring (bicyclic) bond motifs is 1. The molecule has 0 radical (unpaired) electrons. The Bertz CT molecular complexity index is 676. The highest BCUT2D eigenvalue weighted by Crippen LogP contribution is 2.34. The molecule has 0 aromatic carbocycles. The van der Waals surface area contributed by atoms with Crippen LogP contribution in [0, 0.1) is 0 Å². The second-order valence-corrected chi connectivity index (χ2v) is 6.92. The summed E-state index contributed by atoms with van der Waals surface area (Å²) in [6.45, 7) is -0.0499. The van der Waals surface area contributed by atoms with Crippen molar-refractivity contribution in [2.24, 2.45) is 0 Å². The second-order valence-electron chi connectivity index (χ2n) is 4.53. The fourth-order valence-corrected chi connectivity index (χ4v) is 2.91. The Kier molecular flexibility index (Phi) is 5.90. The number of aliphatic hydroxyl groups is 1. The van der Waals surface area contributed by atoms with Gasteiger partial charge in [0.1, 0.15) is 23.2 Å². The van der Waals surface area contributed by atoms with Crippen LogP contribution < -0.4 is 0 Å². The van der Waals surface area contributed by atoms with Crippen LogP contribution in [0.5, 0.6) is 0 Å². The molecule has 22 heavy (non-hydrogen) atoms. The quantitative estimate of drug-likeness (QED) is 0.272. The van der Waals surface area contributed by atoms with Gasteiger partial charge in [0.05, 0.1) is 19.0 Å². The number of aliphatic hydroxyl groups excluding tert-OH is 1. The Morgan fingerprint density at radius 1 is 1.41 bits per heavy atom. The Morgan fingerprint density at radius 2 is 2.18 bits per heavy atom. The van der Waals surface area contributed by atoms with E-state index in [1.165, 1.54) is 18.1 Å². The van der Waals surface area contributed by atoms with E-state index in [0.717, 1.165) is 10.5 Å². The van der Waals surface area contributed by atoms with Crippen molar-refractivity contribution in [3.8, 4) is 0 Å². The molecular formula is C11H17N4O5PS. The molecule has 0 aliphatic rings. The van der Waals surface area contributed by atoms with Gasteiger partial charge in [-0.05, 0) is 12.7 Å². The Balaban J connectivity index is 2.12. The van der Waals surface area contributed by atoms with Gasteiger partial charge in [-0.3, -0.25) is 4.57 Å². The zero-order valence-corrected chi connectivity index (χ0v) is 13.6. The van der Waals surface area contributed by atoms with Crippen molar-refractivity contribution < 1.29 is 24.2 Å². The first-order valence-corrected chi connectivity index (χ1v) is 9.43. The summed E-state index contributed by atoms with van der Waals surface area (Å²) >= 11 is 1.45. The van der Waals surface area contributed by atoms with Crippen LogP contribution in [0.4, 0.5) is 0 Å². The van der Waals surface area contributed by atoms with E-state index >= 15 is 0 Å². The predicted molar refractivity (Wildman–Crippen MR) is 80.7 cm³/mol. The van der Waals surface area contributed by atoms with Crippen LogP contribution in [0.3, 0.4) is 0 Å². The molecule has 0 amide bonds. The SMILES string of the molecule is CSc1ncnc2ncn(C(CO)CCOCP(=O)(O)O)c12. The third-order valence-corrected chi connectivity index (χ3v) is 4.19. The Morgan fingerprint density at radius 3 is 2.82 bits per heavy atom. The maximum atomic E-state index is 10.7. The maximum absolute atomic E-state index is 10.7. The summed E-state index contributed by atoms with van der Waals surface area (Å²) in [5.74, 6) is 0. The van der Waals surface area contributed by atoms with Crippen LogP contribution in [0.2, 0.25) is 0 Å². The Labute approximate surface area is 130 Å². The van der Waals surface area contributed by atoms with Gasteiger partial charge in [-0.1, -0.05) is 0 Å². The second kappa shape index (κ2) is 7.49. The molecule has 0 saturated heterocycles. The van der Waals surface area contributed by atoms with Gasteiger partial charge >= 0.3 is 7.60 Å². The predicted octanol–water partition coefficient (Wildman–Crippen LogP) is 0.623. The van der Waals surface area contributed by atoms with Gasteiger partial charge in [0.15, 0.2) is 5.65 Å². The summed E-state index contributed by atoms with van der Waals surface area (Å²) in [4.78, 5) is 29.9. The standard InChI is InChI=1S/C11H17N4O5PS/c1-22-11-9-10(12-5-13-11)14-6-15(9)8(4-16)2-3-20-7-21(17,18)19/h5-6,8,16H,2-4,7H2,1H3,(H2,17,18,19). The number of nitrogens with zero attached hydrogens (tertiary/aromatic N) is 4. The van der Waals surface area contributed by atoms with Gasteiger partial charge in [0, 0.05) is 6.61 Å². The van der Waals surface area contributed by atoms with Crippen molar-refractivity contribution in [1.82, 2.24) is 19.5 Å². The lowest BCUT2D eigenvalue weighted by Crippen LogP contribution is -2.15. The highest BCUT2D eigenvalue weighted by molar-refractivity contribution is 7.98. The number of rotatable bonds is 8. The van der Waals surface area contributed by atoms with Crippen molar-refractivity contribution >= 4 is 30.5 Å². The zero-order valence-electron chi connectivity index (χ0n) is 11.9. The normalized spacial score (nSPS) is 13.6. The third-order valence-electron chi connectivity index (χ3n) is 2.98. The number of hydrogen-bond acceptors (Lipinski definition) is 7. The van der Waals surface area contributed by atoms with Crippen molar-refractivity contribution in [3.05, 3.63) is 12.7 Å². The van der Waals surface area contributed by atoms with Gasteiger partial charge in [-0.2, -0.15) is 0 Å². The first-order chi connectivity index (χ1) is 10.5. The number of hydrogen-bond donors (Lipinski definition) is 3. The van der Waals surface area contributed by atoms with E-state index in [1.807, 2.05) is 6.26 Å². The fraction of sp³-hybridized carbons (Fsp3) is 0.545. The molecule has 1 atom stereocenters. The average Bonchev–Trinajstić information content (AvgIpc) is 2.90. The summed E-state index contributed by atoms with van der Waals surface area (Å²) < 4.78 is 17.4. The molecule has 0 aliphatic heterocycles. The number of ether oxygens (including phenoxy) is 1. The Hall–Kier alpha value is -1.03. The summed E-state index contributed by atoms with van der Waals surface area (Å²) in [6, 6.07) is -0.335. The van der Waals surface area contributed by atoms with Gasteiger partial charge in [-0.25, -0.2) is 15.0 Å². The summed E-state index contributed by atoms with van der Waals surface area (Å²) in [7, 11) is -4.17. The minimum Gasteiger partial charge on any atom is -0.394 e. The average molecular weight is 348 g/mol. The molecule has 0 bridgehead atoms. The molecule has 0 fully saturated rings. The molecule has 2 aromatic rings.